The molecule has 0 bridgehead atoms. The lowest BCUT2D eigenvalue weighted by Crippen LogP contribution is -2.22. The number of hydrogen-bond donors (Lipinski definition) is 1. The van der Waals surface area contributed by atoms with Crippen molar-refractivity contribution in [1.82, 2.24) is 5.32 Å². The number of thiocarbonyl (C=S) groups is 1. The summed E-state index contributed by atoms with van der Waals surface area (Å²) in [7, 11) is 3.23. The van der Waals surface area contributed by atoms with E-state index in [0.29, 0.717) is 23.0 Å². The molecule has 1 N–H and O–H groups in total. The molecule has 0 fully saturated rings. The molecule has 0 saturated carbocycles. The second kappa shape index (κ2) is 7.09. The molecule has 0 spiro atoms. The second-order valence-corrected chi connectivity index (χ2v) is 5.12. The predicted octanol–water partition coefficient (Wildman–Crippen LogP) is 3.48. The highest BCUT2D eigenvalue weighted by atomic mass is 32.1. The fourth-order valence-corrected chi connectivity index (χ4v) is 2.28. The minimum Gasteiger partial charge on any atom is -0.493 e. The van der Waals surface area contributed by atoms with Gasteiger partial charge < -0.3 is 14.8 Å². The van der Waals surface area contributed by atoms with Crippen LogP contribution in [0.5, 0.6) is 11.5 Å². The van der Waals surface area contributed by atoms with E-state index in [1.54, 1.807) is 14.2 Å². The number of para-hydroxylation sites is 1. The molecule has 0 saturated heterocycles. The molecule has 0 aliphatic rings. The molecule has 0 aliphatic heterocycles. The van der Waals surface area contributed by atoms with Crippen LogP contribution < -0.4 is 14.8 Å². The van der Waals surface area contributed by atoms with Crippen LogP contribution in [0.1, 0.15) is 16.7 Å². The first-order chi connectivity index (χ1) is 10.2. The third kappa shape index (κ3) is 3.73. The SMILES string of the molecule is COc1cccc(C(=S)NCc2ccc(C)cc2)c1OC. The highest BCUT2D eigenvalue weighted by Crippen LogP contribution is 2.30. The van der Waals surface area contributed by atoms with E-state index in [1.807, 2.05) is 18.2 Å². The van der Waals surface area contributed by atoms with Gasteiger partial charge in [-0.05, 0) is 24.6 Å². The van der Waals surface area contributed by atoms with E-state index >= 15 is 0 Å². The van der Waals surface area contributed by atoms with E-state index in [9.17, 15) is 0 Å². The summed E-state index contributed by atoms with van der Waals surface area (Å²) in [5.41, 5.74) is 3.26. The van der Waals surface area contributed by atoms with Crippen molar-refractivity contribution in [3.8, 4) is 11.5 Å². The highest BCUT2D eigenvalue weighted by molar-refractivity contribution is 7.80. The van der Waals surface area contributed by atoms with Crippen molar-refractivity contribution < 1.29 is 9.47 Å². The van der Waals surface area contributed by atoms with Gasteiger partial charge in [-0.2, -0.15) is 0 Å². The van der Waals surface area contributed by atoms with Gasteiger partial charge >= 0.3 is 0 Å². The fraction of sp³-hybridized carbons (Fsp3) is 0.235. The van der Waals surface area contributed by atoms with Crippen LogP contribution in [-0.4, -0.2) is 19.2 Å². The molecule has 0 radical (unpaired) electrons. The molecule has 0 heterocycles. The van der Waals surface area contributed by atoms with E-state index in [2.05, 4.69) is 36.5 Å². The van der Waals surface area contributed by atoms with E-state index in [4.69, 9.17) is 21.7 Å². The van der Waals surface area contributed by atoms with Crippen LogP contribution in [0.4, 0.5) is 0 Å². The van der Waals surface area contributed by atoms with Crippen molar-refractivity contribution in [1.29, 1.82) is 0 Å². The van der Waals surface area contributed by atoms with Crippen LogP contribution in [0.2, 0.25) is 0 Å². The number of hydrogen-bond acceptors (Lipinski definition) is 3. The van der Waals surface area contributed by atoms with Gasteiger partial charge in [0.05, 0.1) is 19.8 Å². The molecular formula is C17H19NO2S. The summed E-state index contributed by atoms with van der Waals surface area (Å²) in [5.74, 6) is 1.33. The van der Waals surface area contributed by atoms with Crippen molar-refractivity contribution in [3.05, 3.63) is 59.2 Å². The van der Waals surface area contributed by atoms with Gasteiger partial charge in [0.25, 0.3) is 0 Å². The van der Waals surface area contributed by atoms with Crippen molar-refractivity contribution in [2.75, 3.05) is 14.2 Å². The quantitative estimate of drug-likeness (QED) is 0.857. The number of rotatable bonds is 5. The first kappa shape index (κ1) is 15.3. The van der Waals surface area contributed by atoms with Crippen molar-refractivity contribution >= 4 is 17.2 Å². The molecule has 0 aromatic heterocycles. The Kier molecular flexibility index (Phi) is 5.17. The predicted molar refractivity (Wildman–Crippen MR) is 89.3 cm³/mol. The Morgan fingerprint density at radius 3 is 2.38 bits per heavy atom. The Morgan fingerprint density at radius 1 is 1.05 bits per heavy atom. The summed E-state index contributed by atoms with van der Waals surface area (Å²) in [6, 6.07) is 14.0. The monoisotopic (exact) mass is 301 g/mol. The van der Waals surface area contributed by atoms with Gasteiger partial charge in [-0.25, -0.2) is 0 Å². The zero-order valence-electron chi connectivity index (χ0n) is 12.5. The van der Waals surface area contributed by atoms with Crippen molar-refractivity contribution in [2.24, 2.45) is 0 Å². The summed E-state index contributed by atoms with van der Waals surface area (Å²) in [5, 5.41) is 3.26. The van der Waals surface area contributed by atoms with Gasteiger partial charge in [0.15, 0.2) is 11.5 Å². The van der Waals surface area contributed by atoms with Gasteiger partial charge in [-0.3, -0.25) is 0 Å². The average Bonchev–Trinajstić information content (AvgIpc) is 2.53. The zero-order valence-corrected chi connectivity index (χ0v) is 13.3. The minimum absolute atomic E-state index is 0.645. The minimum atomic E-state index is 0.645. The summed E-state index contributed by atoms with van der Waals surface area (Å²) in [6.45, 7) is 2.75. The van der Waals surface area contributed by atoms with Crippen LogP contribution in [0.25, 0.3) is 0 Å². The fourth-order valence-electron chi connectivity index (χ4n) is 2.05. The average molecular weight is 301 g/mol. The lowest BCUT2D eigenvalue weighted by atomic mass is 10.1. The summed E-state index contributed by atoms with van der Waals surface area (Å²) in [4.78, 5) is 0.645. The first-order valence-corrected chi connectivity index (χ1v) is 7.11. The molecule has 2 rings (SSSR count). The zero-order chi connectivity index (χ0) is 15.2. The Labute approximate surface area is 130 Å². The highest BCUT2D eigenvalue weighted by Gasteiger charge is 2.13. The molecule has 0 aliphatic carbocycles. The maximum absolute atomic E-state index is 5.46. The normalized spacial score (nSPS) is 10.0. The standard InChI is InChI=1S/C17H19NO2S/c1-12-7-9-13(10-8-12)11-18-17(21)14-5-4-6-15(19-2)16(14)20-3/h4-10H,11H2,1-3H3,(H,18,21). The van der Waals surface area contributed by atoms with E-state index in [-0.39, 0.29) is 0 Å². The van der Waals surface area contributed by atoms with Crippen LogP contribution in [0.3, 0.4) is 0 Å². The number of ether oxygens (including phenoxy) is 2. The summed E-state index contributed by atoms with van der Waals surface area (Å²) >= 11 is 5.46. The van der Waals surface area contributed by atoms with Crippen LogP contribution in [0, 0.1) is 6.92 Å². The summed E-state index contributed by atoms with van der Waals surface area (Å²) < 4.78 is 10.7. The van der Waals surface area contributed by atoms with Crippen molar-refractivity contribution in [3.63, 3.8) is 0 Å². The number of nitrogens with one attached hydrogen (secondary N) is 1. The first-order valence-electron chi connectivity index (χ1n) is 6.70. The molecule has 110 valence electrons. The molecule has 0 amide bonds. The molecule has 2 aromatic carbocycles. The Morgan fingerprint density at radius 2 is 1.76 bits per heavy atom. The lowest BCUT2D eigenvalue weighted by molar-refractivity contribution is 0.354. The van der Waals surface area contributed by atoms with Gasteiger partial charge in [0, 0.05) is 6.54 Å². The second-order valence-electron chi connectivity index (χ2n) is 4.71. The van der Waals surface area contributed by atoms with E-state index in [1.165, 1.54) is 11.1 Å². The number of methoxy groups -OCH3 is 2. The summed E-state index contributed by atoms with van der Waals surface area (Å²) in [6.07, 6.45) is 0. The Bertz CT molecular complexity index is 623. The van der Waals surface area contributed by atoms with Gasteiger partial charge in [0.2, 0.25) is 0 Å². The number of benzene rings is 2. The van der Waals surface area contributed by atoms with Crippen LogP contribution in [0.15, 0.2) is 42.5 Å². The molecule has 3 nitrogen and oxygen atoms in total. The molecule has 2 aromatic rings. The third-order valence-electron chi connectivity index (χ3n) is 3.22. The van der Waals surface area contributed by atoms with Crippen LogP contribution in [-0.2, 0) is 6.54 Å². The Balaban J connectivity index is 2.11. The molecule has 21 heavy (non-hydrogen) atoms. The largest absolute Gasteiger partial charge is 0.493 e. The van der Waals surface area contributed by atoms with Gasteiger partial charge in [-0.1, -0.05) is 48.1 Å². The molecular weight excluding hydrogens is 282 g/mol. The number of aryl methyl sites for hydroxylation is 1. The maximum Gasteiger partial charge on any atom is 0.170 e. The van der Waals surface area contributed by atoms with E-state index in [0.717, 1.165) is 5.56 Å². The molecule has 4 heteroatoms. The van der Waals surface area contributed by atoms with Crippen LogP contribution >= 0.6 is 12.2 Å². The third-order valence-corrected chi connectivity index (χ3v) is 3.59. The lowest BCUT2D eigenvalue weighted by Gasteiger charge is -2.14. The smallest absolute Gasteiger partial charge is 0.170 e. The Hall–Kier alpha value is -2.07. The topological polar surface area (TPSA) is 30.5 Å². The molecule has 0 atom stereocenters. The maximum atomic E-state index is 5.46. The van der Waals surface area contributed by atoms with Crippen molar-refractivity contribution in [2.45, 2.75) is 13.5 Å². The van der Waals surface area contributed by atoms with E-state index < -0.39 is 0 Å². The van der Waals surface area contributed by atoms with Gasteiger partial charge in [-0.15, -0.1) is 0 Å². The molecule has 0 unspecified atom stereocenters. The van der Waals surface area contributed by atoms with Gasteiger partial charge in [0.1, 0.15) is 4.99 Å².